The summed E-state index contributed by atoms with van der Waals surface area (Å²) in [6, 6.07) is 17.0. The van der Waals surface area contributed by atoms with Crippen molar-refractivity contribution in [3.63, 3.8) is 0 Å². The van der Waals surface area contributed by atoms with Crippen molar-refractivity contribution in [2.45, 2.75) is 43.9 Å². The predicted molar refractivity (Wildman–Crippen MR) is 104 cm³/mol. The first kappa shape index (κ1) is 19.2. The first-order valence-electron chi connectivity index (χ1n) is 9.45. The SMILES string of the molecule is COC(=O)CCCC1(CCCC(=O)OC)c2ccccc2-c2ccccc21. The molecule has 4 heteroatoms. The van der Waals surface area contributed by atoms with Crippen LogP contribution >= 0.6 is 0 Å². The Morgan fingerprint density at radius 3 is 1.56 bits per heavy atom. The Balaban J connectivity index is 1.95. The van der Waals surface area contributed by atoms with Gasteiger partial charge in [-0.2, -0.15) is 0 Å². The number of fused-ring (bicyclic) bond motifs is 3. The van der Waals surface area contributed by atoms with E-state index in [1.165, 1.54) is 36.5 Å². The normalized spacial score (nSPS) is 13.6. The minimum absolute atomic E-state index is 0.181. The maximum atomic E-state index is 11.6. The Labute approximate surface area is 160 Å². The molecule has 1 aliphatic carbocycles. The maximum Gasteiger partial charge on any atom is 0.305 e. The van der Waals surface area contributed by atoms with Gasteiger partial charge in [0.25, 0.3) is 0 Å². The van der Waals surface area contributed by atoms with Crippen LogP contribution < -0.4 is 0 Å². The van der Waals surface area contributed by atoms with Gasteiger partial charge in [0.05, 0.1) is 14.2 Å². The highest BCUT2D eigenvalue weighted by Gasteiger charge is 2.42. The van der Waals surface area contributed by atoms with Crippen LogP contribution in [0.25, 0.3) is 11.1 Å². The second kappa shape index (κ2) is 8.38. The van der Waals surface area contributed by atoms with Crippen LogP contribution in [0, 0.1) is 0 Å². The van der Waals surface area contributed by atoms with Gasteiger partial charge in [-0.1, -0.05) is 48.5 Å². The molecule has 0 bridgehead atoms. The molecule has 1 aliphatic rings. The summed E-state index contributed by atoms with van der Waals surface area (Å²) < 4.78 is 9.63. The van der Waals surface area contributed by atoms with Crippen molar-refractivity contribution in [2.24, 2.45) is 0 Å². The Hall–Kier alpha value is -2.62. The van der Waals surface area contributed by atoms with E-state index in [1.807, 2.05) is 0 Å². The molecule has 0 heterocycles. The average Bonchev–Trinajstić information content (AvgIpc) is 2.98. The molecule has 2 aromatic carbocycles. The molecule has 0 unspecified atom stereocenters. The summed E-state index contributed by atoms with van der Waals surface area (Å²) in [5.74, 6) is -0.362. The van der Waals surface area contributed by atoms with E-state index in [-0.39, 0.29) is 17.4 Å². The molecule has 142 valence electrons. The highest BCUT2D eigenvalue weighted by Crippen LogP contribution is 2.53. The smallest absolute Gasteiger partial charge is 0.305 e. The van der Waals surface area contributed by atoms with E-state index in [2.05, 4.69) is 48.5 Å². The van der Waals surface area contributed by atoms with E-state index in [4.69, 9.17) is 9.47 Å². The second-order valence-electron chi connectivity index (χ2n) is 7.03. The van der Waals surface area contributed by atoms with Crippen molar-refractivity contribution < 1.29 is 19.1 Å². The zero-order chi connectivity index (χ0) is 19.3. The topological polar surface area (TPSA) is 52.6 Å². The van der Waals surface area contributed by atoms with Crippen LogP contribution in [-0.2, 0) is 24.5 Å². The van der Waals surface area contributed by atoms with E-state index in [0.29, 0.717) is 12.8 Å². The highest BCUT2D eigenvalue weighted by atomic mass is 16.5. The number of hydrogen-bond acceptors (Lipinski definition) is 4. The number of methoxy groups -OCH3 is 2. The highest BCUT2D eigenvalue weighted by molar-refractivity contribution is 5.81. The average molecular weight is 366 g/mol. The molecule has 0 saturated heterocycles. The van der Waals surface area contributed by atoms with Gasteiger partial charge in [-0.05, 0) is 47.9 Å². The number of rotatable bonds is 8. The molecule has 3 rings (SSSR count). The molecule has 0 amide bonds. The zero-order valence-electron chi connectivity index (χ0n) is 16.0. The van der Waals surface area contributed by atoms with E-state index < -0.39 is 0 Å². The molecule has 4 nitrogen and oxygen atoms in total. The Bertz CT molecular complexity index is 755. The lowest BCUT2D eigenvalue weighted by Crippen LogP contribution is -2.26. The summed E-state index contributed by atoms with van der Waals surface area (Å²) in [7, 11) is 2.85. The third kappa shape index (κ3) is 3.75. The van der Waals surface area contributed by atoms with Gasteiger partial charge in [0.1, 0.15) is 0 Å². The molecule has 0 atom stereocenters. The number of hydrogen-bond donors (Lipinski definition) is 0. The van der Waals surface area contributed by atoms with Crippen LogP contribution in [0.4, 0.5) is 0 Å². The van der Waals surface area contributed by atoms with Gasteiger partial charge in [-0.25, -0.2) is 0 Å². The van der Waals surface area contributed by atoms with E-state index in [1.54, 1.807) is 0 Å². The Morgan fingerprint density at radius 1 is 0.741 bits per heavy atom. The molecule has 0 aromatic heterocycles. The van der Waals surface area contributed by atoms with E-state index in [0.717, 1.165) is 25.7 Å². The van der Waals surface area contributed by atoms with Gasteiger partial charge in [0, 0.05) is 18.3 Å². The number of carbonyl (C=O) groups is 2. The quantitative estimate of drug-likeness (QED) is 0.639. The first-order chi connectivity index (χ1) is 13.1. The van der Waals surface area contributed by atoms with Crippen molar-refractivity contribution in [1.29, 1.82) is 0 Å². The lowest BCUT2D eigenvalue weighted by Gasteiger charge is -2.32. The molecular weight excluding hydrogens is 340 g/mol. The lowest BCUT2D eigenvalue weighted by atomic mass is 9.71. The summed E-state index contributed by atoms with van der Waals surface area (Å²) in [5, 5.41) is 0. The third-order valence-corrected chi connectivity index (χ3v) is 5.60. The van der Waals surface area contributed by atoms with Gasteiger partial charge in [0.15, 0.2) is 0 Å². The van der Waals surface area contributed by atoms with Gasteiger partial charge in [0.2, 0.25) is 0 Å². The fraction of sp³-hybridized carbons (Fsp3) is 0.391. The molecule has 0 fully saturated rings. The molecule has 2 aromatic rings. The summed E-state index contributed by atoms with van der Waals surface area (Å²) >= 11 is 0. The summed E-state index contributed by atoms with van der Waals surface area (Å²) in [6.45, 7) is 0. The Morgan fingerprint density at radius 2 is 1.15 bits per heavy atom. The number of esters is 2. The molecule has 0 aliphatic heterocycles. The predicted octanol–water partition coefficient (Wildman–Crippen LogP) is 4.64. The zero-order valence-corrected chi connectivity index (χ0v) is 16.0. The second-order valence-corrected chi connectivity index (χ2v) is 7.03. The largest absolute Gasteiger partial charge is 0.469 e. The summed E-state index contributed by atoms with van der Waals surface area (Å²) in [4.78, 5) is 23.3. The van der Waals surface area contributed by atoms with Crippen LogP contribution in [0.5, 0.6) is 0 Å². The fourth-order valence-electron chi connectivity index (χ4n) is 4.35. The van der Waals surface area contributed by atoms with Crippen LogP contribution in [-0.4, -0.2) is 26.2 Å². The summed E-state index contributed by atoms with van der Waals surface area (Å²) in [6.07, 6.45) is 3.98. The van der Waals surface area contributed by atoms with Crippen molar-refractivity contribution in [1.82, 2.24) is 0 Å². The van der Waals surface area contributed by atoms with Crippen molar-refractivity contribution in [3.05, 3.63) is 59.7 Å². The van der Waals surface area contributed by atoms with Crippen LogP contribution in [0.15, 0.2) is 48.5 Å². The molecule has 27 heavy (non-hydrogen) atoms. The van der Waals surface area contributed by atoms with Gasteiger partial charge < -0.3 is 9.47 Å². The lowest BCUT2D eigenvalue weighted by molar-refractivity contribution is -0.141. The third-order valence-electron chi connectivity index (χ3n) is 5.60. The van der Waals surface area contributed by atoms with Crippen LogP contribution in [0.1, 0.15) is 49.7 Å². The van der Waals surface area contributed by atoms with Crippen molar-refractivity contribution >= 4 is 11.9 Å². The van der Waals surface area contributed by atoms with Gasteiger partial charge in [-0.3, -0.25) is 9.59 Å². The Kier molecular flexibility index (Phi) is 5.94. The van der Waals surface area contributed by atoms with E-state index >= 15 is 0 Å². The molecule has 0 saturated carbocycles. The minimum Gasteiger partial charge on any atom is -0.469 e. The monoisotopic (exact) mass is 366 g/mol. The number of carbonyl (C=O) groups excluding carboxylic acids is 2. The maximum absolute atomic E-state index is 11.6. The van der Waals surface area contributed by atoms with E-state index in [9.17, 15) is 9.59 Å². The van der Waals surface area contributed by atoms with Crippen LogP contribution in [0.2, 0.25) is 0 Å². The minimum atomic E-state index is -0.185. The van der Waals surface area contributed by atoms with Crippen molar-refractivity contribution in [2.75, 3.05) is 14.2 Å². The van der Waals surface area contributed by atoms with Gasteiger partial charge >= 0.3 is 11.9 Å². The van der Waals surface area contributed by atoms with Crippen LogP contribution in [0.3, 0.4) is 0 Å². The molecular formula is C23H26O4. The molecule has 0 N–H and O–H groups in total. The number of benzene rings is 2. The molecule has 0 spiro atoms. The number of ether oxygens (including phenoxy) is 2. The van der Waals surface area contributed by atoms with Gasteiger partial charge in [-0.15, -0.1) is 0 Å². The summed E-state index contributed by atoms with van der Waals surface area (Å²) in [5.41, 5.74) is 4.91. The molecule has 0 radical (unpaired) electrons. The fourth-order valence-corrected chi connectivity index (χ4v) is 4.35. The van der Waals surface area contributed by atoms with Crippen molar-refractivity contribution in [3.8, 4) is 11.1 Å². The standard InChI is InChI=1S/C23H26O4/c1-26-21(24)13-7-15-23(16-8-14-22(25)27-2)19-11-5-3-9-17(19)18-10-4-6-12-20(18)23/h3-6,9-12H,7-8,13-16H2,1-2H3. The first-order valence-corrected chi connectivity index (χ1v) is 9.45.